The molecule has 1 atom stereocenters. The van der Waals surface area contributed by atoms with Gasteiger partial charge in [0.1, 0.15) is 11.6 Å². The summed E-state index contributed by atoms with van der Waals surface area (Å²) < 4.78 is 13.2. The number of hydrogen-bond donors (Lipinski definition) is 2. The highest BCUT2D eigenvalue weighted by molar-refractivity contribution is 5.90. The Morgan fingerprint density at radius 2 is 2.17 bits per heavy atom. The molecule has 1 aliphatic heterocycles. The van der Waals surface area contributed by atoms with Gasteiger partial charge in [-0.2, -0.15) is 5.10 Å². The molecule has 1 amide bonds. The predicted molar refractivity (Wildman–Crippen MR) is 89.9 cm³/mol. The monoisotopic (exact) mass is 331 g/mol. The summed E-state index contributed by atoms with van der Waals surface area (Å²) in [5, 5.41) is 9.66. The van der Waals surface area contributed by atoms with Crippen molar-refractivity contribution in [3.8, 4) is 11.3 Å². The molecule has 0 aliphatic carbocycles. The quantitative estimate of drug-likeness (QED) is 0.853. The highest BCUT2D eigenvalue weighted by Gasteiger charge is 2.17. The van der Waals surface area contributed by atoms with Gasteiger partial charge in [0.25, 0.3) is 0 Å². The van der Waals surface area contributed by atoms with Crippen molar-refractivity contribution in [2.75, 3.05) is 25.0 Å². The van der Waals surface area contributed by atoms with E-state index in [4.69, 9.17) is 0 Å². The van der Waals surface area contributed by atoms with Gasteiger partial charge in [-0.15, -0.1) is 0 Å². The number of carbonyl (C=O) groups excluding carboxylic acids is 1. The minimum Gasteiger partial charge on any atom is -0.311 e. The molecule has 3 rings (SSSR count). The van der Waals surface area contributed by atoms with E-state index in [-0.39, 0.29) is 5.91 Å². The maximum absolute atomic E-state index is 13.2. The van der Waals surface area contributed by atoms with Crippen LogP contribution in [-0.2, 0) is 4.79 Å². The number of hydrogen-bond acceptors (Lipinski definition) is 4. The summed E-state index contributed by atoms with van der Waals surface area (Å²) in [4.78, 5) is 18.4. The van der Waals surface area contributed by atoms with Gasteiger partial charge in [-0.3, -0.25) is 14.9 Å². The second-order valence-electron chi connectivity index (χ2n) is 6.42. The number of aromatic amines is 1. The number of carbonyl (C=O) groups is 1. The van der Waals surface area contributed by atoms with Crippen LogP contribution in [0.4, 0.5) is 10.2 Å². The zero-order valence-corrected chi connectivity index (χ0v) is 13.8. The minimum absolute atomic E-state index is 0.0470. The van der Waals surface area contributed by atoms with Crippen LogP contribution in [0.25, 0.3) is 11.3 Å². The van der Waals surface area contributed by atoms with Crippen molar-refractivity contribution in [1.82, 2.24) is 20.1 Å². The predicted octanol–water partition coefficient (Wildman–Crippen LogP) is 2.67. The van der Waals surface area contributed by atoms with Crippen molar-refractivity contribution >= 4 is 11.7 Å². The SMILES string of the molecule is CC(CC(=O)Nc1cc(-c2cncc(F)c2)n[nH]1)CN1CCCC1. The van der Waals surface area contributed by atoms with E-state index in [0.29, 0.717) is 29.4 Å². The Labute approximate surface area is 140 Å². The Balaban J connectivity index is 1.53. The van der Waals surface area contributed by atoms with Crippen molar-refractivity contribution in [3.05, 3.63) is 30.3 Å². The molecule has 0 spiro atoms. The van der Waals surface area contributed by atoms with Crippen molar-refractivity contribution in [2.45, 2.75) is 26.2 Å². The van der Waals surface area contributed by atoms with Gasteiger partial charge in [0.05, 0.1) is 11.9 Å². The first-order valence-electron chi connectivity index (χ1n) is 8.28. The van der Waals surface area contributed by atoms with Gasteiger partial charge >= 0.3 is 0 Å². The number of nitrogens with one attached hydrogen (secondary N) is 2. The average molecular weight is 331 g/mol. The number of pyridine rings is 1. The van der Waals surface area contributed by atoms with Crippen LogP contribution in [0.15, 0.2) is 24.5 Å². The normalized spacial score (nSPS) is 16.2. The molecule has 24 heavy (non-hydrogen) atoms. The molecule has 1 fully saturated rings. The summed E-state index contributed by atoms with van der Waals surface area (Å²) in [6, 6.07) is 3.03. The smallest absolute Gasteiger partial charge is 0.225 e. The lowest BCUT2D eigenvalue weighted by molar-refractivity contribution is -0.117. The minimum atomic E-state index is -0.420. The van der Waals surface area contributed by atoms with Gasteiger partial charge < -0.3 is 10.2 Å². The first kappa shape index (κ1) is 16.6. The van der Waals surface area contributed by atoms with Gasteiger partial charge in [-0.05, 0) is 37.9 Å². The van der Waals surface area contributed by atoms with E-state index >= 15 is 0 Å². The molecule has 0 bridgehead atoms. The van der Waals surface area contributed by atoms with E-state index in [9.17, 15) is 9.18 Å². The number of likely N-dealkylation sites (tertiary alicyclic amines) is 1. The second kappa shape index (κ2) is 7.53. The van der Waals surface area contributed by atoms with Crippen LogP contribution in [0.2, 0.25) is 0 Å². The van der Waals surface area contributed by atoms with Crippen LogP contribution in [0, 0.1) is 11.7 Å². The standard InChI is InChI=1S/C17H22FN5O/c1-12(11-23-4-2-3-5-23)6-17(24)20-16-8-15(21-22-16)13-7-14(18)10-19-9-13/h7-10,12H,2-6,11H2,1H3,(H2,20,21,22,24). The highest BCUT2D eigenvalue weighted by Crippen LogP contribution is 2.20. The molecule has 2 N–H and O–H groups in total. The summed E-state index contributed by atoms with van der Waals surface area (Å²) in [6.45, 7) is 5.32. The van der Waals surface area contributed by atoms with Crippen molar-refractivity contribution in [1.29, 1.82) is 0 Å². The fourth-order valence-electron chi connectivity index (χ4n) is 3.07. The Bertz CT molecular complexity index is 696. The van der Waals surface area contributed by atoms with E-state index in [2.05, 4.69) is 32.3 Å². The number of anilines is 1. The fraction of sp³-hybridized carbons (Fsp3) is 0.471. The number of nitrogens with zero attached hydrogens (tertiary/aromatic N) is 3. The number of amides is 1. The topological polar surface area (TPSA) is 73.9 Å². The van der Waals surface area contributed by atoms with Crippen LogP contribution in [0.1, 0.15) is 26.2 Å². The number of rotatable bonds is 6. The van der Waals surface area contributed by atoms with Crippen LogP contribution < -0.4 is 5.32 Å². The summed E-state index contributed by atoms with van der Waals surface area (Å²) >= 11 is 0. The molecule has 6 nitrogen and oxygen atoms in total. The van der Waals surface area contributed by atoms with Crippen LogP contribution in [-0.4, -0.2) is 45.6 Å². The maximum Gasteiger partial charge on any atom is 0.225 e. The van der Waals surface area contributed by atoms with E-state index in [0.717, 1.165) is 25.8 Å². The van der Waals surface area contributed by atoms with Crippen LogP contribution in [0.5, 0.6) is 0 Å². The lowest BCUT2D eigenvalue weighted by Crippen LogP contribution is -2.27. The molecule has 0 saturated carbocycles. The summed E-state index contributed by atoms with van der Waals surface area (Å²) in [7, 11) is 0. The Morgan fingerprint density at radius 1 is 1.38 bits per heavy atom. The average Bonchev–Trinajstić information content (AvgIpc) is 3.19. The van der Waals surface area contributed by atoms with E-state index in [1.165, 1.54) is 25.1 Å². The van der Waals surface area contributed by atoms with Crippen molar-refractivity contribution < 1.29 is 9.18 Å². The van der Waals surface area contributed by atoms with Gasteiger partial charge in [0.2, 0.25) is 5.91 Å². The third kappa shape index (κ3) is 4.38. The molecular formula is C17H22FN5O. The Hall–Kier alpha value is -2.28. The lowest BCUT2D eigenvalue weighted by atomic mass is 10.1. The molecule has 3 heterocycles. The molecule has 1 saturated heterocycles. The zero-order chi connectivity index (χ0) is 16.9. The molecule has 0 aromatic carbocycles. The third-order valence-electron chi connectivity index (χ3n) is 4.16. The first-order valence-corrected chi connectivity index (χ1v) is 8.28. The van der Waals surface area contributed by atoms with E-state index in [1.807, 2.05) is 0 Å². The van der Waals surface area contributed by atoms with Gasteiger partial charge in [0.15, 0.2) is 0 Å². The van der Waals surface area contributed by atoms with Gasteiger partial charge in [0, 0.05) is 30.8 Å². The zero-order valence-electron chi connectivity index (χ0n) is 13.8. The second-order valence-corrected chi connectivity index (χ2v) is 6.42. The number of halogens is 1. The van der Waals surface area contributed by atoms with E-state index in [1.54, 1.807) is 6.07 Å². The van der Waals surface area contributed by atoms with Crippen molar-refractivity contribution in [3.63, 3.8) is 0 Å². The van der Waals surface area contributed by atoms with Crippen molar-refractivity contribution in [2.24, 2.45) is 5.92 Å². The van der Waals surface area contributed by atoms with E-state index < -0.39 is 5.82 Å². The Morgan fingerprint density at radius 3 is 2.92 bits per heavy atom. The highest BCUT2D eigenvalue weighted by atomic mass is 19.1. The Kier molecular flexibility index (Phi) is 5.20. The van der Waals surface area contributed by atoms with Gasteiger partial charge in [-0.25, -0.2) is 4.39 Å². The first-order chi connectivity index (χ1) is 11.6. The lowest BCUT2D eigenvalue weighted by Gasteiger charge is -2.19. The van der Waals surface area contributed by atoms with Gasteiger partial charge in [-0.1, -0.05) is 6.92 Å². The molecular weight excluding hydrogens is 309 g/mol. The fourth-order valence-corrected chi connectivity index (χ4v) is 3.07. The van der Waals surface area contributed by atoms with Crippen LogP contribution >= 0.6 is 0 Å². The molecule has 1 unspecified atom stereocenters. The molecule has 2 aromatic rings. The summed E-state index contributed by atoms with van der Waals surface area (Å²) in [5.41, 5.74) is 1.11. The van der Waals surface area contributed by atoms with Crippen LogP contribution in [0.3, 0.4) is 0 Å². The largest absolute Gasteiger partial charge is 0.311 e. The molecule has 1 aliphatic rings. The summed E-state index contributed by atoms with van der Waals surface area (Å²) in [5.74, 6) is 0.344. The molecule has 7 heteroatoms. The maximum atomic E-state index is 13.2. The number of aromatic nitrogens is 3. The molecule has 2 aromatic heterocycles. The molecule has 128 valence electrons. The number of H-pyrrole nitrogens is 1. The summed E-state index contributed by atoms with van der Waals surface area (Å²) in [6.07, 6.45) is 5.64. The third-order valence-corrected chi connectivity index (χ3v) is 4.16. The molecule has 0 radical (unpaired) electrons.